The van der Waals surface area contributed by atoms with Crippen LogP contribution in [0.2, 0.25) is 0 Å². The first kappa shape index (κ1) is 8.47. The highest BCUT2D eigenvalue weighted by molar-refractivity contribution is 5.29. The van der Waals surface area contributed by atoms with Crippen LogP contribution < -0.4 is 5.32 Å². The van der Waals surface area contributed by atoms with E-state index in [-0.39, 0.29) is 0 Å². The van der Waals surface area contributed by atoms with E-state index in [9.17, 15) is 0 Å². The number of nitrogens with one attached hydrogen (secondary N) is 1. The quantitative estimate of drug-likeness (QED) is 0.538. The number of anilines is 1. The van der Waals surface area contributed by atoms with Gasteiger partial charge in [-0.15, -0.1) is 0 Å². The molecule has 0 fully saturated rings. The van der Waals surface area contributed by atoms with Crippen molar-refractivity contribution in [2.24, 2.45) is 0 Å². The predicted molar refractivity (Wildman–Crippen MR) is 45.3 cm³/mol. The molecule has 0 saturated carbocycles. The third-order valence-corrected chi connectivity index (χ3v) is 1.39. The highest BCUT2D eigenvalue weighted by Crippen LogP contribution is 2.01. The van der Waals surface area contributed by atoms with Crippen LogP contribution >= 0.6 is 0 Å². The molecule has 0 saturated heterocycles. The largest absolute Gasteiger partial charge is 0.261 e. The second-order valence-corrected chi connectivity index (χ2v) is 2.36. The molecular formula is C8H10N4. The van der Waals surface area contributed by atoms with Gasteiger partial charge < -0.3 is 0 Å². The number of aromatic nitrogens is 2. The molecule has 12 heavy (non-hydrogen) atoms. The van der Waals surface area contributed by atoms with Crippen LogP contribution in [-0.4, -0.2) is 9.97 Å². The summed E-state index contributed by atoms with van der Waals surface area (Å²) in [5.41, 5.74) is 0.963. The van der Waals surface area contributed by atoms with Gasteiger partial charge >= 0.3 is 0 Å². The fourth-order valence-corrected chi connectivity index (χ4v) is 0.902. The highest BCUT2D eigenvalue weighted by Gasteiger charge is 1.95. The Hall–Kier alpha value is -1.63. The zero-order valence-electron chi connectivity index (χ0n) is 6.91. The standard InChI is InChI=1S/C8H10N4/c1-2-3-7-4-5-10-8(12-7)11-6-9/h4-5H,2-3H2,1H3,(H,10,11,12). The van der Waals surface area contributed by atoms with Crippen molar-refractivity contribution < 1.29 is 0 Å². The number of rotatable bonds is 3. The number of nitriles is 1. The fourth-order valence-electron chi connectivity index (χ4n) is 0.902. The Morgan fingerprint density at radius 1 is 1.67 bits per heavy atom. The molecular weight excluding hydrogens is 152 g/mol. The molecule has 62 valence electrons. The Morgan fingerprint density at radius 2 is 2.50 bits per heavy atom. The average molecular weight is 162 g/mol. The second-order valence-electron chi connectivity index (χ2n) is 2.36. The molecule has 1 rings (SSSR count). The minimum Gasteiger partial charge on any atom is -0.261 e. The Morgan fingerprint density at radius 3 is 3.17 bits per heavy atom. The Kier molecular flexibility index (Phi) is 3.03. The van der Waals surface area contributed by atoms with Crippen LogP contribution in [0.3, 0.4) is 0 Å². The molecule has 0 spiro atoms. The summed E-state index contributed by atoms with van der Waals surface area (Å²) in [6.07, 6.45) is 5.39. The molecule has 0 aliphatic rings. The normalized spacial score (nSPS) is 9.00. The lowest BCUT2D eigenvalue weighted by Gasteiger charge is -1.98. The van der Waals surface area contributed by atoms with Crippen LogP contribution in [0.4, 0.5) is 5.95 Å². The van der Waals surface area contributed by atoms with Crippen LogP contribution in [0.1, 0.15) is 19.0 Å². The molecule has 0 radical (unpaired) electrons. The molecule has 0 aliphatic heterocycles. The minimum atomic E-state index is 0.378. The molecule has 1 aromatic heterocycles. The highest BCUT2D eigenvalue weighted by atomic mass is 15.1. The first-order valence-corrected chi connectivity index (χ1v) is 3.84. The van der Waals surface area contributed by atoms with E-state index >= 15 is 0 Å². The van der Waals surface area contributed by atoms with Gasteiger partial charge in [0.1, 0.15) is 0 Å². The molecule has 0 unspecified atom stereocenters. The summed E-state index contributed by atoms with van der Waals surface area (Å²) in [5.74, 6) is 0.378. The van der Waals surface area contributed by atoms with Gasteiger partial charge in [0.25, 0.3) is 0 Å². The first-order valence-electron chi connectivity index (χ1n) is 3.84. The smallest absolute Gasteiger partial charge is 0.236 e. The molecule has 1 aromatic rings. The van der Waals surface area contributed by atoms with Gasteiger partial charge in [0, 0.05) is 11.9 Å². The molecule has 0 atom stereocenters. The Bertz CT molecular complexity index is 289. The number of hydrogen-bond donors (Lipinski definition) is 1. The topological polar surface area (TPSA) is 61.6 Å². The summed E-state index contributed by atoms with van der Waals surface area (Å²) in [5, 5.41) is 10.7. The van der Waals surface area contributed by atoms with Gasteiger partial charge in [-0.25, -0.2) is 9.97 Å². The van der Waals surface area contributed by atoms with E-state index in [1.165, 1.54) is 0 Å². The summed E-state index contributed by atoms with van der Waals surface area (Å²) >= 11 is 0. The van der Waals surface area contributed by atoms with E-state index in [0.717, 1.165) is 18.5 Å². The minimum absolute atomic E-state index is 0.378. The number of aryl methyl sites for hydroxylation is 1. The summed E-state index contributed by atoms with van der Waals surface area (Å²) in [4.78, 5) is 7.97. The van der Waals surface area contributed by atoms with Crippen LogP contribution in [0.5, 0.6) is 0 Å². The maximum atomic E-state index is 8.30. The maximum Gasteiger partial charge on any atom is 0.236 e. The second kappa shape index (κ2) is 4.29. The molecule has 0 aromatic carbocycles. The lowest BCUT2D eigenvalue weighted by molar-refractivity contribution is 0.875. The number of nitrogens with zero attached hydrogens (tertiary/aromatic N) is 3. The van der Waals surface area contributed by atoms with Crippen LogP contribution in [0.15, 0.2) is 12.3 Å². The Labute approximate surface area is 71.3 Å². The zero-order valence-corrected chi connectivity index (χ0v) is 6.91. The first-order chi connectivity index (χ1) is 5.86. The van der Waals surface area contributed by atoms with Gasteiger partial charge in [0.05, 0.1) is 0 Å². The zero-order chi connectivity index (χ0) is 8.81. The van der Waals surface area contributed by atoms with Crippen LogP contribution in [0, 0.1) is 11.5 Å². The third kappa shape index (κ3) is 2.20. The van der Waals surface area contributed by atoms with E-state index in [1.54, 1.807) is 12.4 Å². The monoisotopic (exact) mass is 162 g/mol. The number of hydrogen-bond acceptors (Lipinski definition) is 4. The van der Waals surface area contributed by atoms with E-state index < -0.39 is 0 Å². The lowest BCUT2D eigenvalue weighted by atomic mass is 10.2. The van der Waals surface area contributed by atoms with Gasteiger partial charge in [-0.1, -0.05) is 13.3 Å². The maximum absolute atomic E-state index is 8.30. The van der Waals surface area contributed by atoms with E-state index in [1.807, 2.05) is 6.07 Å². The molecule has 4 heteroatoms. The summed E-state index contributed by atoms with van der Waals surface area (Å²) in [6, 6.07) is 1.85. The van der Waals surface area contributed by atoms with Crippen molar-refractivity contribution in [2.45, 2.75) is 19.8 Å². The summed E-state index contributed by atoms with van der Waals surface area (Å²) in [7, 11) is 0. The predicted octanol–water partition coefficient (Wildman–Crippen LogP) is 1.32. The van der Waals surface area contributed by atoms with Crippen molar-refractivity contribution >= 4 is 5.95 Å². The van der Waals surface area contributed by atoms with Gasteiger partial charge in [-0.2, -0.15) is 5.26 Å². The average Bonchev–Trinajstić information content (AvgIpc) is 2.06. The van der Waals surface area contributed by atoms with Crippen molar-refractivity contribution in [3.05, 3.63) is 18.0 Å². The lowest BCUT2D eigenvalue weighted by Crippen LogP contribution is -1.98. The van der Waals surface area contributed by atoms with E-state index in [4.69, 9.17) is 5.26 Å². The SMILES string of the molecule is CCCc1ccnc(NC#N)n1. The van der Waals surface area contributed by atoms with Crippen molar-refractivity contribution in [3.63, 3.8) is 0 Å². The van der Waals surface area contributed by atoms with Gasteiger partial charge in [0.2, 0.25) is 5.95 Å². The third-order valence-electron chi connectivity index (χ3n) is 1.39. The van der Waals surface area contributed by atoms with Crippen LogP contribution in [0.25, 0.3) is 0 Å². The Balaban J connectivity index is 2.75. The van der Waals surface area contributed by atoms with E-state index in [0.29, 0.717) is 5.95 Å². The molecule has 4 nitrogen and oxygen atoms in total. The van der Waals surface area contributed by atoms with Crippen molar-refractivity contribution in [3.8, 4) is 6.19 Å². The molecule has 0 amide bonds. The van der Waals surface area contributed by atoms with Gasteiger partial charge in [-0.3, -0.25) is 5.32 Å². The van der Waals surface area contributed by atoms with Crippen molar-refractivity contribution in [1.29, 1.82) is 5.26 Å². The van der Waals surface area contributed by atoms with Crippen LogP contribution in [-0.2, 0) is 6.42 Å². The fraction of sp³-hybridized carbons (Fsp3) is 0.375. The molecule has 1 heterocycles. The van der Waals surface area contributed by atoms with E-state index in [2.05, 4.69) is 22.2 Å². The molecule has 1 N–H and O–H groups in total. The van der Waals surface area contributed by atoms with Crippen molar-refractivity contribution in [2.75, 3.05) is 5.32 Å². The summed E-state index contributed by atoms with van der Waals surface area (Å²) < 4.78 is 0. The summed E-state index contributed by atoms with van der Waals surface area (Å²) in [6.45, 7) is 2.08. The van der Waals surface area contributed by atoms with Crippen molar-refractivity contribution in [1.82, 2.24) is 9.97 Å². The van der Waals surface area contributed by atoms with Gasteiger partial charge in [-0.05, 0) is 12.5 Å². The molecule has 0 bridgehead atoms. The van der Waals surface area contributed by atoms with Gasteiger partial charge in [0.15, 0.2) is 6.19 Å². The molecule has 0 aliphatic carbocycles.